The number of sulfonamides is 1. The van der Waals surface area contributed by atoms with Gasteiger partial charge in [0.25, 0.3) is 0 Å². The summed E-state index contributed by atoms with van der Waals surface area (Å²) < 4.78 is 25.7. The maximum atomic E-state index is 11.8. The van der Waals surface area contributed by atoms with E-state index < -0.39 is 32.4 Å². The Bertz CT molecular complexity index is 626. The molecule has 0 radical (unpaired) electrons. The molecule has 0 saturated heterocycles. The van der Waals surface area contributed by atoms with Gasteiger partial charge in [-0.05, 0) is 18.6 Å². The van der Waals surface area contributed by atoms with Crippen molar-refractivity contribution < 1.29 is 28.3 Å². The molecule has 0 aliphatic carbocycles. The molecule has 0 aliphatic rings. The van der Waals surface area contributed by atoms with Gasteiger partial charge in [0.05, 0.1) is 9.82 Å². The molecule has 9 nitrogen and oxygen atoms in total. The molecule has 3 N–H and O–H groups in total. The van der Waals surface area contributed by atoms with E-state index in [9.17, 15) is 28.4 Å². The van der Waals surface area contributed by atoms with Crippen LogP contribution in [0.1, 0.15) is 12.8 Å². The van der Waals surface area contributed by atoms with E-state index in [1.807, 2.05) is 0 Å². The van der Waals surface area contributed by atoms with Crippen molar-refractivity contribution in [2.24, 2.45) is 0 Å². The first-order valence-corrected chi connectivity index (χ1v) is 6.91. The summed E-state index contributed by atoms with van der Waals surface area (Å²) in [5.41, 5.74) is -0.724. The molecule has 0 heterocycles. The van der Waals surface area contributed by atoms with E-state index in [0.29, 0.717) is 0 Å². The molecule has 0 aromatic heterocycles. The number of nitro benzene ring substituents is 1. The van der Waals surface area contributed by atoms with Gasteiger partial charge in [-0.2, -0.15) is 0 Å². The topological polar surface area (TPSA) is 147 Å². The molecule has 0 spiro atoms. The van der Waals surface area contributed by atoms with Crippen LogP contribution in [0.4, 0.5) is 5.69 Å². The van der Waals surface area contributed by atoms with Gasteiger partial charge in [0, 0.05) is 19.0 Å². The zero-order chi connectivity index (χ0) is 15.3. The Hall–Kier alpha value is -2.20. The number of nitrogens with zero attached hydrogens (tertiary/aromatic N) is 1. The van der Waals surface area contributed by atoms with Crippen molar-refractivity contribution in [1.82, 2.24) is 4.72 Å². The number of hydrogen-bond donors (Lipinski definition) is 3. The smallest absolute Gasteiger partial charge is 0.312 e. The number of hydrogen-bond acceptors (Lipinski definition) is 6. The number of carboxylic acid groups (broad SMARTS) is 1. The van der Waals surface area contributed by atoms with Crippen LogP contribution in [0.3, 0.4) is 0 Å². The van der Waals surface area contributed by atoms with Gasteiger partial charge < -0.3 is 10.2 Å². The summed E-state index contributed by atoms with van der Waals surface area (Å²) in [7, 11) is -3.99. The SMILES string of the molecule is O=C(O)CCCNS(=O)(=O)c1ccc(O)c([N+](=O)[O-])c1. The Kier molecular flexibility index (Phi) is 5.00. The number of benzene rings is 1. The minimum atomic E-state index is -3.99. The molecule has 0 atom stereocenters. The number of rotatable bonds is 7. The summed E-state index contributed by atoms with van der Waals surface area (Å²) in [6.45, 7) is -0.108. The van der Waals surface area contributed by atoms with Crippen molar-refractivity contribution in [1.29, 1.82) is 0 Å². The highest BCUT2D eigenvalue weighted by Crippen LogP contribution is 2.28. The molecule has 0 amide bonds. The molecule has 1 aromatic carbocycles. The van der Waals surface area contributed by atoms with Crippen LogP contribution >= 0.6 is 0 Å². The number of phenols is 1. The summed E-state index contributed by atoms with van der Waals surface area (Å²) in [4.78, 5) is 19.6. The summed E-state index contributed by atoms with van der Waals surface area (Å²) in [6, 6.07) is 2.65. The van der Waals surface area contributed by atoms with Crippen LogP contribution in [-0.4, -0.2) is 36.1 Å². The molecule has 110 valence electrons. The van der Waals surface area contributed by atoms with Gasteiger partial charge in [0.1, 0.15) is 0 Å². The highest BCUT2D eigenvalue weighted by molar-refractivity contribution is 7.89. The molecule has 0 bridgehead atoms. The van der Waals surface area contributed by atoms with Gasteiger partial charge >= 0.3 is 11.7 Å². The van der Waals surface area contributed by atoms with Gasteiger partial charge in [-0.3, -0.25) is 14.9 Å². The van der Waals surface area contributed by atoms with Crippen LogP contribution in [0.15, 0.2) is 23.1 Å². The van der Waals surface area contributed by atoms with Crippen LogP contribution in [0, 0.1) is 10.1 Å². The van der Waals surface area contributed by atoms with Crippen molar-refractivity contribution in [3.05, 3.63) is 28.3 Å². The molecule has 10 heteroatoms. The molecule has 0 aliphatic heterocycles. The van der Waals surface area contributed by atoms with E-state index in [-0.39, 0.29) is 24.3 Å². The average molecular weight is 304 g/mol. The van der Waals surface area contributed by atoms with Crippen molar-refractivity contribution in [2.45, 2.75) is 17.7 Å². The number of aliphatic carboxylic acids is 1. The number of aromatic hydroxyl groups is 1. The van der Waals surface area contributed by atoms with Crippen LogP contribution in [0.2, 0.25) is 0 Å². The Morgan fingerprint density at radius 1 is 1.40 bits per heavy atom. The largest absolute Gasteiger partial charge is 0.502 e. The standard InChI is InChI=1S/C10H12N2O7S/c13-9-4-3-7(6-8(9)12(16)17)20(18,19)11-5-1-2-10(14)15/h3-4,6,11,13H,1-2,5H2,(H,14,15). The second-order valence-electron chi connectivity index (χ2n) is 3.80. The second-order valence-corrected chi connectivity index (χ2v) is 5.57. The molecular formula is C10H12N2O7S. The van der Waals surface area contributed by atoms with Gasteiger partial charge in [0.2, 0.25) is 10.0 Å². The molecule has 0 fully saturated rings. The number of carboxylic acids is 1. The Balaban J connectivity index is 2.85. The molecule has 20 heavy (non-hydrogen) atoms. The van der Waals surface area contributed by atoms with E-state index in [2.05, 4.69) is 4.72 Å². The third-order valence-corrected chi connectivity index (χ3v) is 3.77. The van der Waals surface area contributed by atoms with Gasteiger partial charge in [-0.15, -0.1) is 0 Å². The number of phenolic OH excluding ortho intramolecular Hbond substituents is 1. The van der Waals surface area contributed by atoms with Gasteiger partial charge in [-0.1, -0.05) is 0 Å². The molecule has 1 rings (SSSR count). The molecule has 0 unspecified atom stereocenters. The normalized spacial score (nSPS) is 11.2. The fourth-order valence-corrected chi connectivity index (χ4v) is 2.44. The third-order valence-electron chi connectivity index (χ3n) is 2.31. The minimum absolute atomic E-state index is 0.0920. The lowest BCUT2D eigenvalue weighted by Crippen LogP contribution is -2.25. The highest BCUT2D eigenvalue weighted by Gasteiger charge is 2.20. The Morgan fingerprint density at radius 2 is 2.05 bits per heavy atom. The number of nitro groups is 1. The van der Waals surface area contributed by atoms with Crippen molar-refractivity contribution in [3.63, 3.8) is 0 Å². The summed E-state index contributed by atoms with van der Waals surface area (Å²) in [5.74, 6) is -1.69. The maximum absolute atomic E-state index is 11.8. The van der Waals surface area contributed by atoms with E-state index in [1.165, 1.54) is 0 Å². The fraction of sp³-hybridized carbons (Fsp3) is 0.300. The lowest BCUT2D eigenvalue weighted by molar-refractivity contribution is -0.386. The summed E-state index contributed by atoms with van der Waals surface area (Å²) in [5, 5.41) is 28.2. The summed E-state index contributed by atoms with van der Waals surface area (Å²) in [6.07, 6.45) is -0.104. The van der Waals surface area contributed by atoms with Crippen LogP contribution in [-0.2, 0) is 14.8 Å². The van der Waals surface area contributed by atoms with Gasteiger partial charge in [0.15, 0.2) is 5.75 Å². The van der Waals surface area contributed by atoms with Crippen molar-refractivity contribution in [2.75, 3.05) is 6.54 Å². The minimum Gasteiger partial charge on any atom is -0.502 e. The molecular weight excluding hydrogens is 292 g/mol. The molecule has 1 aromatic rings. The van der Waals surface area contributed by atoms with E-state index in [1.54, 1.807) is 0 Å². The van der Waals surface area contributed by atoms with Crippen molar-refractivity contribution in [3.8, 4) is 5.75 Å². The van der Waals surface area contributed by atoms with Crippen molar-refractivity contribution >= 4 is 21.7 Å². The number of nitrogens with one attached hydrogen (secondary N) is 1. The van der Waals surface area contributed by atoms with Crippen LogP contribution in [0.25, 0.3) is 0 Å². The Morgan fingerprint density at radius 3 is 2.60 bits per heavy atom. The lowest BCUT2D eigenvalue weighted by Gasteiger charge is -2.06. The second kappa shape index (κ2) is 6.30. The monoisotopic (exact) mass is 304 g/mol. The van der Waals surface area contributed by atoms with E-state index >= 15 is 0 Å². The predicted octanol–water partition coefficient (Wildman–Crippen LogP) is 0.443. The van der Waals surface area contributed by atoms with Crippen LogP contribution in [0.5, 0.6) is 5.75 Å². The molecule has 0 saturated carbocycles. The zero-order valence-electron chi connectivity index (χ0n) is 10.1. The number of carbonyl (C=O) groups is 1. The zero-order valence-corrected chi connectivity index (χ0v) is 11.0. The summed E-state index contributed by atoms with van der Waals surface area (Å²) >= 11 is 0. The van der Waals surface area contributed by atoms with Crippen LogP contribution < -0.4 is 4.72 Å². The fourth-order valence-electron chi connectivity index (χ4n) is 1.35. The average Bonchev–Trinajstić information content (AvgIpc) is 2.34. The first-order valence-electron chi connectivity index (χ1n) is 5.43. The van der Waals surface area contributed by atoms with E-state index in [0.717, 1.165) is 18.2 Å². The maximum Gasteiger partial charge on any atom is 0.312 e. The Labute approximate surface area is 114 Å². The lowest BCUT2D eigenvalue weighted by atomic mass is 10.3. The quantitative estimate of drug-likeness (QED) is 0.376. The third kappa shape index (κ3) is 4.17. The first kappa shape index (κ1) is 15.9. The highest BCUT2D eigenvalue weighted by atomic mass is 32.2. The van der Waals surface area contributed by atoms with Gasteiger partial charge in [-0.25, -0.2) is 13.1 Å². The first-order chi connectivity index (χ1) is 9.24. The predicted molar refractivity (Wildman–Crippen MR) is 66.8 cm³/mol. The van der Waals surface area contributed by atoms with E-state index in [4.69, 9.17) is 5.11 Å².